The number of alkyl halides is 2. The first-order valence-corrected chi connectivity index (χ1v) is 14.5. The van der Waals surface area contributed by atoms with E-state index in [0.29, 0.717) is 33.3 Å². The smallest absolute Gasteiger partial charge is 0.387 e. The molecule has 7 nitrogen and oxygen atoms in total. The first-order valence-electron chi connectivity index (χ1n) is 12.2. The third kappa shape index (κ3) is 5.57. The number of sulfone groups is 1. The lowest BCUT2D eigenvalue weighted by Gasteiger charge is -2.26. The Morgan fingerprint density at radius 3 is 2.38 bits per heavy atom. The lowest BCUT2D eigenvalue weighted by molar-refractivity contribution is -0.0521. The van der Waals surface area contributed by atoms with Crippen LogP contribution < -0.4 is 20.3 Å². The van der Waals surface area contributed by atoms with Crippen LogP contribution in [-0.4, -0.2) is 33.7 Å². The van der Waals surface area contributed by atoms with E-state index >= 15 is 0 Å². The molecular formula is C28H25ClF3N3O4S. The molecular weight excluding hydrogens is 567 g/mol. The molecule has 3 aromatic rings. The number of nitrogens with one attached hydrogen (secondary N) is 2. The van der Waals surface area contributed by atoms with Crippen LogP contribution in [0.15, 0.2) is 76.9 Å². The number of benzene rings is 3. The summed E-state index contributed by atoms with van der Waals surface area (Å²) in [6.07, 6.45) is 2.19. The topological polar surface area (TPSA) is 79.9 Å². The maximum atomic E-state index is 14.7. The van der Waals surface area contributed by atoms with E-state index in [-0.39, 0.29) is 11.1 Å². The molecule has 0 fully saturated rings. The van der Waals surface area contributed by atoms with Gasteiger partial charge in [-0.05, 0) is 67.4 Å². The van der Waals surface area contributed by atoms with Gasteiger partial charge in [-0.15, -0.1) is 0 Å². The average molecular weight is 592 g/mol. The van der Waals surface area contributed by atoms with Crippen molar-refractivity contribution in [3.63, 3.8) is 0 Å². The van der Waals surface area contributed by atoms with Crippen LogP contribution in [0.5, 0.6) is 5.75 Å². The lowest BCUT2D eigenvalue weighted by atomic mass is 9.98. The highest BCUT2D eigenvalue weighted by atomic mass is 35.5. The molecule has 210 valence electrons. The van der Waals surface area contributed by atoms with Crippen LogP contribution in [0.4, 0.5) is 18.9 Å². The summed E-state index contributed by atoms with van der Waals surface area (Å²) in [7, 11) is -3.43. The monoisotopic (exact) mass is 591 g/mol. The largest absolute Gasteiger partial charge is 0.468 e. The summed E-state index contributed by atoms with van der Waals surface area (Å²) in [5.41, 5.74) is 3.61. The lowest BCUT2D eigenvalue weighted by Crippen LogP contribution is -2.33. The van der Waals surface area contributed by atoms with Crippen molar-refractivity contribution in [3.05, 3.63) is 89.0 Å². The Balaban J connectivity index is 1.69. The molecule has 2 aliphatic rings. The highest BCUT2D eigenvalue weighted by molar-refractivity contribution is 7.90. The Hall–Kier alpha value is -3.83. The average Bonchev–Trinajstić information content (AvgIpc) is 3.45. The van der Waals surface area contributed by atoms with Crippen molar-refractivity contribution in [2.45, 2.75) is 37.7 Å². The van der Waals surface area contributed by atoms with Crippen LogP contribution >= 0.6 is 11.6 Å². The Morgan fingerprint density at radius 1 is 1.00 bits per heavy atom. The molecule has 0 spiro atoms. The highest BCUT2D eigenvalue weighted by Crippen LogP contribution is 2.41. The molecule has 40 heavy (non-hydrogen) atoms. The van der Waals surface area contributed by atoms with Crippen LogP contribution in [0.2, 0.25) is 0 Å². The van der Waals surface area contributed by atoms with E-state index in [9.17, 15) is 21.6 Å². The van der Waals surface area contributed by atoms with Gasteiger partial charge >= 0.3 is 6.61 Å². The SMILES string of the molecule is CC1NC(c2cc(-c3cccc(S(C)(=O)=O)c3)ccc2N2C=C(Cl)NC2C)=C(c2ccc(OC(F)F)c(F)c2)O1. The van der Waals surface area contributed by atoms with Gasteiger partial charge in [-0.3, -0.25) is 0 Å². The fourth-order valence-corrected chi connectivity index (χ4v) is 5.58. The van der Waals surface area contributed by atoms with E-state index in [1.165, 1.54) is 12.1 Å². The number of hydrogen-bond acceptors (Lipinski definition) is 7. The normalized spacial score (nSPS) is 18.9. The number of hydrogen-bond donors (Lipinski definition) is 2. The summed E-state index contributed by atoms with van der Waals surface area (Å²) in [6, 6.07) is 15.8. The Morgan fingerprint density at radius 2 is 1.73 bits per heavy atom. The Bertz CT molecular complexity index is 1650. The number of anilines is 1. The van der Waals surface area contributed by atoms with Gasteiger partial charge in [-0.25, -0.2) is 12.8 Å². The number of ether oxygens (including phenoxy) is 2. The zero-order valence-electron chi connectivity index (χ0n) is 21.6. The van der Waals surface area contributed by atoms with Crippen molar-refractivity contribution in [1.29, 1.82) is 0 Å². The molecule has 0 aromatic heterocycles. The van der Waals surface area contributed by atoms with E-state index in [4.69, 9.17) is 16.3 Å². The second-order valence-corrected chi connectivity index (χ2v) is 11.8. The molecule has 2 N–H and O–H groups in total. The van der Waals surface area contributed by atoms with Gasteiger partial charge in [0.25, 0.3) is 0 Å². The number of rotatable bonds is 7. The van der Waals surface area contributed by atoms with Crippen LogP contribution in [0.25, 0.3) is 22.6 Å². The van der Waals surface area contributed by atoms with E-state index in [1.807, 2.05) is 30.0 Å². The molecule has 2 aliphatic heterocycles. The van der Waals surface area contributed by atoms with E-state index in [0.717, 1.165) is 29.6 Å². The van der Waals surface area contributed by atoms with Crippen molar-refractivity contribution in [3.8, 4) is 16.9 Å². The first kappa shape index (κ1) is 27.7. The zero-order valence-corrected chi connectivity index (χ0v) is 23.2. The van der Waals surface area contributed by atoms with E-state index < -0.39 is 34.2 Å². The van der Waals surface area contributed by atoms with Gasteiger partial charge in [-0.2, -0.15) is 8.78 Å². The molecule has 3 aromatic carbocycles. The molecule has 12 heteroatoms. The van der Waals surface area contributed by atoms with Gasteiger partial charge < -0.3 is 25.0 Å². The Kier molecular flexibility index (Phi) is 7.36. The van der Waals surface area contributed by atoms with Gasteiger partial charge in [0.2, 0.25) is 0 Å². The third-order valence-corrected chi connectivity index (χ3v) is 7.75. The van der Waals surface area contributed by atoms with Crippen molar-refractivity contribution in [2.75, 3.05) is 11.2 Å². The van der Waals surface area contributed by atoms with Crippen LogP contribution in [-0.2, 0) is 14.6 Å². The highest BCUT2D eigenvalue weighted by Gasteiger charge is 2.30. The number of halogens is 4. The third-order valence-electron chi connectivity index (χ3n) is 6.44. The minimum Gasteiger partial charge on any atom is -0.468 e. The van der Waals surface area contributed by atoms with Crippen LogP contribution in [0.1, 0.15) is 25.0 Å². The van der Waals surface area contributed by atoms with Gasteiger partial charge in [0.15, 0.2) is 33.4 Å². The second-order valence-electron chi connectivity index (χ2n) is 9.37. The maximum Gasteiger partial charge on any atom is 0.387 e. The molecule has 5 rings (SSSR count). The molecule has 0 saturated carbocycles. The fraction of sp³-hybridized carbons (Fsp3) is 0.214. The van der Waals surface area contributed by atoms with Gasteiger partial charge in [-0.1, -0.05) is 29.8 Å². The van der Waals surface area contributed by atoms with E-state index in [2.05, 4.69) is 15.4 Å². The molecule has 2 unspecified atom stereocenters. The summed E-state index contributed by atoms with van der Waals surface area (Å²) >= 11 is 6.26. The summed E-state index contributed by atoms with van der Waals surface area (Å²) in [4.78, 5) is 2.10. The predicted molar refractivity (Wildman–Crippen MR) is 148 cm³/mol. The summed E-state index contributed by atoms with van der Waals surface area (Å²) in [6.45, 7) is 0.530. The molecule has 0 aliphatic carbocycles. The summed E-state index contributed by atoms with van der Waals surface area (Å²) in [5.74, 6) is -1.25. The van der Waals surface area contributed by atoms with Crippen molar-refractivity contribution in [1.82, 2.24) is 10.6 Å². The van der Waals surface area contributed by atoms with Crippen LogP contribution in [0.3, 0.4) is 0 Å². The van der Waals surface area contributed by atoms with Gasteiger partial charge in [0, 0.05) is 23.6 Å². The summed E-state index contributed by atoms with van der Waals surface area (Å²) < 4.78 is 74.7. The molecule has 0 amide bonds. The minimum atomic E-state index is -3.43. The molecule has 0 bridgehead atoms. The van der Waals surface area contributed by atoms with Crippen molar-refractivity contribution in [2.24, 2.45) is 0 Å². The number of nitrogens with zero attached hydrogens (tertiary/aromatic N) is 1. The van der Waals surface area contributed by atoms with Crippen molar-refractivity contribution >= 4 is 38.6 Å². The molecule has 0 radical (unpaired) electrons. The molecule has 0 saturated heterocycles. The predicted octanol–water partition coefficient (Wildman–Crippen LogP) is 6.08. The summed E-state index contributed by atoms with van der Waals surface area (Å²) in [5, 5.41) is 6.85. The quantitative estimate of drug-likeness (QED) is 0.322. The Labute approximate surface area is 234 Å². The second kappa shape index (κ2) is 10.6. The maximum absolute atomic E-state index is 14.7. The fourth-order valence-electron chi connectivity index (χ4n) is 4.65. The molecule has 2 heterocycles. The minimum absolute atomic E-state index is 0.181. The molecule has 2 atom stereocenters. The van der Waals surface area contributed by atoms with Crippen LogP contribution in [0, 0.1) is 5.82 Å². The van der Waals surface area contributed by atoms with Gasteiger partial charge in [0.1, 0.15) is 11.3 Å². The zero-order chi connectivity index (χ0) is 28.8. The van der Waals surface area contributed by atoms with Crippen molar-refractivity contribution < 1.29 is 31.1 Å². The van der Waals surface area contributed by atoms with E-state index in [1.54, 1.807) is 31.3 Å². The standard InChI is InChI=1S/C28H25ClF3N3O4S/c1-15-33-25(29)14-35(15)23-9-7-18(17-5-4-6-20(11-17)40(3,36)37)12-21(23)26-27(38-16(2)34-26)19-8-10-24(22(30)13-19)39-28(31)32/h4-16,28,33-34H,1-3H3. The first-order chi connectivity index (χ1) is 18.9. The van der Waals surface area contributed by atoms with Gasteiger partial charge in [0.05, 0.1) is 16.3 Å².